The second kappa shape index (κ2) is 3.61. The minimum atomic E-state index is 0.369. The summed E-state index contributed by atoms with van der Waals surface area (Å²) in [4.78, 5) is 0. The molecule has 3 unspecified atom stereocenters. The molecule has 1 heteroatoms. The molecule has 13 heavy (non-hydrogen) atoms. The third kappa shape index (κ3) is 1.90. The highest BCUT2D eigenvalue weighted by atomic mass is 16.6. The molecule has 78 valence electrons. The number of ether oxygens (including phenoxy) is 1. The van der Waals surface area contributed by atoms with Gasteiger partial charge in [0.1, 0.15) is 0 Å². The Hall–Kier alpha value is -0.0400. The second-order valence-corrected chi connectivity index (χ2v) is 5.38. The van der Waals surface area contributed by atoms with Gasteiger partial charge in [-0.15, -0.1) is 0 Å². The van der Waals surface area contributed by atoms with Gasteiger partial charge in [0, 0.05) is 5.41 Å². The van der Waals surface area contributed by atoms with Gasteiger partial charge in [0.15, 0.2) is 0 Å². The van der Waals surface area contributed by atoms with E-state index in [0.717, 1.165) is 18.4 Å². The summed E-state index contributed by atoms with van der Waals surface area (Å²) in [6.07, 6.45) is 0.518. The van der Waals surface area contributed by atoms with Crippen LogP contribution in [0.15, 0.2) is 0 Å². The average molecular weight is 184 g/mol. The van der Waals surface area contributed by atoms with Crippen molar-refractivity contribution in [2.45, 2.75) is 47.6 Å². The summed E-state index contributed by atoms with van der Waals surface area (Å²) in [6, 6.07) is 0. The normalized spacial score (nSPS) is 29.1. The third-order valence-corrected chi connectivity index (χ3v) is 4.25. The maximum atomic E-state index is 5.51. The van der Waals surface area contributed by atoms with Gasteiger partial charge in [-0.1, -0.05) is 41.5 Å². The predicted octanol–water partition coefficient (Wildman–Crippen LogP) is 3.34. The van der Waals surface area contributed by atoms with Crippen LogP contribution in [0.1, 0.15) is 41.5 Å². The van der Waals surface area contributed by atoms with Gasteiger partial charge in [-0.2, -0.15) is 0 Å². The Labute approximate surface area is 82.9 Å². The first-order valence-electron chi connectivity index (χ1n) is 5.52. The van der Waals surface area contributed by atoms with Crippen molar-refractivity contribution in [3.05, 3.63) is 0 Å². The van der Waals surface area contributed by atoms with Crippen LogP contribution in [0.2, 0.25) is 0 Å². The van der Waals surface area contributed by atoms with E-state index in [-0.39, 0.29) is 0 Å². The zero-order chi connectivity index (χ0) is 10.2. The van der Waals surface area contributed by atoms with Crippen LogP contribution in [0, 0.1) is 23.2 Å². The van der Waals surface area contributed by atoms with Gasteiger partial charge in [-0.25, -0.2) is 0 Å². The molecule has 1 nitrogen and oxygen atoms in total. The molecule has 3 atom stereocenters. The van der Waals surface area contributed by atoms with E-state index in [1.54, 1.807) is 0 Å². The number of rotatable bonds is 4. The Kier molecular flexibility index (Phi) is 3.06. The summed E-state index contributed by atoms with van der Waals surface area (Å²) in [5.74, 6) is 2.19. The van der Waals surface area contributed by atoms with E-state index in [0.29, 0.717) is 17.4 Å². The standard InChI is InChI=1S/C12H24O/c1-8(2)10(5)12(6,9(3)4)11-7-13-11/h8-11H,7H2,1-6H3. The average Bonchev–Trinajstić information content (AvgIpc) is 2.83. The molecule has 1 rings (SSSR count). The molecule has 1 aliphatic rings. The topological polar surface area (TPSA) is 12.5 Å². The molecule has 1 aliphatic heterocycles. The molecule has 0 saturated carbocycles. The van der Waals surface area contributed by atoms with E-state index in [2.05, 4.69) is 41.5 Å². The van der Waals surface area contributed by atoms with E-state index in [9.17, 15) is 0 Å². The lowest BCUT2D eigenvalue weighted by Crippen LogP contribution is -2.39. The molecular formula is C12H24O. The highest BCUT2D eigenvalue weighted by Crippen LogP contribution is 2.47. The summed E-state index contributed by atoms with van der Waals surface area (Å²) in [5.41, 5.74) is 0.369. The van der Waals surface area contributed by atoms with Crippen LogP contribution in [0.4, 0.5) is 0 Å². The first-order valence-corrected chi connectivity index (χ1v) is 5.52. The first-order chi connectivity index (χ1) is 5.90. The van der Waals surface area contributed by atoms with E-state index in [1.807, 2.05) is 0 Å². The van der Waals surface area contributed by atoms with E-state index in [4.69, 9.17) is 4.74 Å². The van der Waals surface area contributed by atoms with Crippen LogP contribution in [0.25, 0.3) is 0 Å². The van der Waals surface area contributed by atoms with Crippen LogP contribution in [-0.2, 0) is 4.74 Å². The molecular weight excluding hydrogens is 160 g/mol. The lowest BCUT2D eigenvalue weighted by molar-refractivity contribution is 0.0532. The largest absolute Gasteiger partial charge is 0.373 e. The molecule has 1 saturated heterocycles. The third-order valence-electron chi connectivity index (χ3n) is 4.25. The van der Waals surface area contributed by atoms with Crippen molar-refractivity contribution in [1.29, 1.82) is 0 Å². The van der Waals surface area contributed by atoms with E-state index >= 15 is 0 Å². The van der Waals surface area contributed by atoms with E-state index < -0.39 is 0 Å². The SMILES string of the molecule is CC(C)C(C)C(C)(C(C)C)C1CO1. The smallest absolute Gasteiger partial charge is 0.0868 e. The Morgan fingerprint density at radius 2 is 1.62 bits per heavy atom. The Bertz CT molecular complexity index is 166. The minimum Gasteiger partial charge on any atom is -0.373 e. The molecule has 0 bridgehead atoms. The fourth-order valence-corrected chi connectivity index (χ4v) is 2.32. The monoisotopic (exact) mass is 184 g/mol. The fraction of sp³-hybridized carbons (Fsp3) is 1.00. The lowest BCUT2D eigenvalue weighted by Gasteiger charge is -2.40. The van der Waals surface area contributed by atoms with Gasteiger partial charge in [0.2, 0.25) is 0 Å². The van der Waals surface area contributed by atoms with Gasteiger partial charge in [0.25, 0.3) is 0 Å². The fourth-order valence-electron chi connectivity index (χ4n) is 2.32. The molecule has 0 N–H and O–H groups in total. The highest BCUT2D eigenvalue weighted by Gasteiger charge is 2.49. The molecule has 0 spiro atoms. The van der Waals surface area contributed by atoms with Gasteiger partial charge < -0.3 is 4.74 Å². The van der Waals surface area contributed by atoms with Gasteiger partial charge in [0.05, 0.1) is 12.7 Å². The summed E-state index contributed by atoms with van der Waals surface area (Å²) >= 11 is 0. The maximum Gasteiger partial charge on any atom is 0.0868 e. The van der Waals surface area contributed by atoms with Crippen molar-refractivity contribution in [2.24, 2.45) is 23.2 Å². The van der Waals surface area contributed by atoms with Crippen molar-refractivity contribution in [2.75, 3.05) is 6.61 Å². The molecule has 0 aromatic heterocycles. The van der Waals surface area contributed by atoms with Crippen molar-refractivity contribution >= 4 is 0 Å². The van der Waals surface area contributed by atoms with Crippen molar-refractivity contribution in [3.8, 4) is 0 Å². The summed E-state index contributed by atoms with van der Waals surface area (Å²) in [7, 11) is 0. The molecule has 0 amide bonds. The minimum absolute atomic E-state index is 0.369. The van der Waals surface area contributed by atoms with Crippen molar-refractivity contribution in [3.63, 3.8) is 0 Å². The van der Waals surface area contributed by atoms with Gasteiger partial charge >= 0.3 is 0 Å². The first kappa shape index (κ1) is 11.0. The van der Waals surface area contributed by atoms with Crippen LogP contribution in [0.5, 0.6) is 0 Å². The molecule has 0 aromatic carbocycles. The van der Waals surface area contributed by atoms with Gasteiger partial charge in [-0.05, 0) is 17.8 Å². The predicted molar refractivity (Wildman–Crippen MR) is 56.7 cm³/mol. The Morgan fingerprint density at radius 1 is 1.15 bits per heavy atom. The second-order valence-electron chi connectivity index (χ2n) is 5.38. The highest BCUT2D eigenvalue weighted by molar-refractivity contribution is 4.96. The number of hydrogen-bond donors (Lipinski definition) is 0. The van der Waals surface area contributed by atoms with E-state index in [1.165, 1.54) is 0 Å². The summed E-state index contributed by atoms with van der Waals surface area (Å²) in [6.45, 7) is 15.0. The molecule has 0 radical (unpaired) electrons. The van der Waals surface area contributed by atoms with Crippen LogP contribution in [-0.4, -0.2) is 12.7 Å². The van der Waals surface area contributed by atoms with Gasteiger partial charge in [-0.3, -0.25) is 0 Å². The van der Waals surface area contributed by atoms with Crippen LogP contribution in [0.3, 0.4) is 0 Å². The zero-order valence-electron chi connectivity index (χ0n) is 9.92. The lowest BCUT2D eigenvalue weighted by atomic mass is 9.64. The summed E-state index contributed by atoms with van der Waals surface area (Å²) < 4.78 is 5.51. The van der Waals surface area contributed by atoms with Crippen LogP contribution >= 0.6 is 0 Å². The molecule has 1 heterocycles. The summed E-state index contributed by atoms with van der Waals surface area (Å²) in [5, 5.41) is 0. The zero-order valence-corrected chi connectivity index (χ0v) is 9.92. The molecule has 0 aromatic rings. The number of epoxide rings is 1. The van der Waals surface area contributed by atoms with Crippen molar-refractivity contribution in [1.82, 2.24) is 0 Å². The quantitative estimate of drug-likeness (QED) is 0.610. The van der Waals surface area contributed by atoms with Crippen molar-refractivity contribution < 1.29 is 4.74 Å². The maximum absolute atomic E-state index is 5.51. The number of hydrogen-bond acceptors (Lipinski definition) is 1. The van der Waals surface area contributed by atoms with Crippen LogP contribution < -0.4 is 0 Å². The Balaban J connectivity index is 2.76. The molecule has 1 fully saturated rings. The Morgan fingerprint density at radius 3 is 1.85 bits per heavy atom. The molecule has 0 aliphatic carbocycles.